The van der Waals surface area contributed by atoms with Gasteiger partial charge in [0, 0.05) is 30.6 Å². The molecule has 8 aliphatic carbocycles. The van der Waals surface area contributed by atoms with E-state index < -0.39 is 39.7 Å². The van der Waals surface area contributed by atoms with Crippen LogP contribution in [-0.2, 0) is 28.7 Å². The van der Waals surface area contributed by atoms with E-state index in [1.54, 1.807) is 0 Å². The van der Waals surface area contributed by atoms with Crippen molar-refractivity contribution >= 4 is 24.5 Å². The number of aliphatic hydroxyl groups is 2. The van der Waals surface area contributed by atoms with Gasteiger partial charge in [-0.15, -0.1) is 0 Å². The molecule has 0 spiro atoms. The minimum atomic E-state index is -0.953. The number of hydrogen-bond acceptors (Lipinski definition) is 8. The average Bonchev–Trinajstić information content (AvgIpc) is 3.54. The SMILES string of the molecule is CC(=O)OC1(C)CC[C@H]2[C@@H]3CCC4=C(C)C(O)CC(C5(OC(C)=O)CC[C@H]6[C@@H]7CCC8=CC(O)CC(C)[C@]8(C=O)[C@@H]7CC[C@@]65C)[C@]4(C=O)[C@@H]3CC[C@@]21C. The summed E-state index contributed by atoms with van der Waals surface area (Å²) in [6, 6.07) is 0. The van der Waals surface area contributed by atoms with Crippen molar-refractivity contribution in [2.24, 2.45) is 69.0 Å². The Morgan fingerprint density at radius 1 is 0.736 bits per heavy atom. The molecule has 8 heteroatoms. The van der Waals surface area contributed by atoms with Crippen LogP contribution in [0.3, 0.4) is 0 Å². The molecule has 53 heavy (non-hydrogen) atoms. The lowest BCUT2D eigenvalue weighted by molar-refractivity contribution is -0.225. The van der Waals surface area contributed by atoms with Gasteiger partial charge in [-0.3, -0.25) is 9.59 Å². The zero-order valence-electron chi connectivity index (χ0n) is 33.2. The second-order valence-corrected chi connectivity index (χ2v) is 20.1. The summed E-state index contributed by atoms with van der Waals surface area (Å²) in [5.41, 5.74) is -0.495. The number of carbonyl (C=O) groups excluding carboxylic acids is 4. The van der Waals surface area contributed by atoms with E-state index in [1.807, 2.05) is 13.0 Å². The highest BCUT2D eigenvalue weighted by molar-refractivity contribution is 5.72. The normalized spacial score (nSPS) is 52.7. The smallest absolute Gasteiger partial charge is 0.303 e. The Hall–Kier alpha value is -2.32. The number of rotatable bonds is 5. The summed E-state index contributed by atoms with van der Waals surface area (Å²) in [4.78, 5) is 53.7. The topological polar surface area (TPSA) is 127 Å². The molecule has 6 unspecified atom stereocenters. The van der Waals surface area contributed by atoms with Crippen LogP contribution in [0.2, 0.25) is 0 Å². The average molecular weight is 733 g/mol. The van der Waals surface area contributed by atoms with Gasteiger partial charge in [0.15, 0.2) is 0 Å². The van der Waals surface area contributed by atoms with Gasteiger partial charge < -0.3 is 29.3 Å². The van der Waals surface area contributed by atoms with Gasteiger partial charge in [-0.25, -0.2) is 0 Å². The lowest BCUT2D eigenvalue weighted by atomic mass is 9.39. The lowest BCUT2D eigenvalue weighted by Gasteiger charge is -2.66. The zero-order valence-corrected chi connectivity index (χ0v) is 33.2. The molecule has 0 heterocycles. The van der Waals surface area contributed by atoms with Crippen LogP contribution in [0, 0.1) is 69.0 Å². The molecule has 0 amide bonds. The molecule has 0 saturated heterocycles. The fourth-order valence-corrected chi connectivity index (χ4v) is 16.6. The monoisotopic (exact) mass is 732 g/mol. The van der Waals surface area contributed by atoms with E-state index >= 15 is 0 Å². The summed E-state index contributed by atoms with van der Waals surface area (Å²) in [7, 11) is 0. The third-order valence-corrected chi connectivity index (χ3v) is 18.8. The molecule has 0 aliphatic heterocycles. The molecule has 8 aliphatic rings. The number of esters is 2. The zero-order chi connectivity index (χ0) is 38.1. The van der Waals surface area contributed by atoms with Gasteiger partial charge in [0.25, 0.3) is 0 Å². The number of ether oxygens (including phenoxy) is 2. The summed E-state index contributed by atoms with van der Waals surface area (Å²) in [6.07, 6.45) is 14.1. The quantitative estimate of drug-likeness (QED) is 0.169. The molecule has 292 valence electrons. The first kappa shape index (κ1) is 37.6. The molecule has 0 aromatic heterocycles. The largest absolute Gasteiger partial charge is 0.459 e. The second-order valence-electron chi connectivity index (χ2n) is 20.1. The molecule has 6 saturated carbocycles. The molecular weight excluding hydrogens is 668 g/mol. The molecule has 8 rings (SSSR count). The van der Waals surface area contributed by atoms with Crippen molar-refractivity contribution in [1.29, 1.82) is 0 Å². The number of allylic oxidation sites excluding steroid dienone is 2. The van der Waals surface area contributed by atoms with Crippen LogP contribution in [0.25, 0.3) is 0 Å². The fourth-order valence-electron chi connectivity index (χ4n) is 16.6. The van der Waals surface area contributed by atoms with E-state index in [-0.39, 0.29) is 58.8 Å². The first-order chi connectivity index (χ1) is 25.0. The number of aliphatic hydroxyl groups excluding tert-OH is 2. The summed E-state index contributed by atoms with van der Waals surface area (Å²) < 4.78 is 13.0. The molecule has 2 N–H and O–H groups in total. The maximum absolute atomic E-state index is 14.5. The van der Waals surface area contributed by atoms with E-state index in [0.29, 0.717) is 25.2 Å². The maximum Gasteiger partial charge on any atom is 0.303 e. The van der Waals surface area contributed by atoms with Crippen molar-refractivity contribution in [2.45, 2.75) is 162 Å². The standard InChI is InChI=1S/C45H64O8/c1-25-20-30(50)21-29-8-9-31-35-15-19-45(53-28(4)49,41(35,6)17-13-36(31)43(25,29)23-46)39-22-38(51)26(2)33-11-10-32-34-14-18-42(7,52-27(3)48)40(34,5)16-12-37(32)44(33,39)24-47/h21,23-25,30-32,34-39,50-51H,8-20,22H2,1-7H3/t25?,30?,31-,32-,34-,35-,36+,37+,38?,39?,40-,41-,42?,43-,44-,45?/m0/s1. The summed E-state index contributed by atoms with van der Waals surface area (Å²) in [5, 5.41) is 22.6. The van der Waals surface area contributed by atoms with Gasteiger partial charge in [-0.1, -0.05) is 38.0 Å². The van der Waals surface area contributed by atoms with Gasteiger partial charge in [0.05, 0.1) is 23.0 Å². The molecule has 0 aromatic rings. The predicted octanol–water partition coefficient (Wildman–Crippen LogP) is 7.48. The van der Waals surface area contributed by atoms with Crippen LogP contribution >= 0.6 is 0 Å². The van der Waals surface area contributed by atoms with Crippen LogP contribution < -0.4 is 0 Å². The highest BCUT2D eigenvalue weighted by Crippen LogP contribution is 2.76. The highest BCUT2D eigenvalue weighted by Gasteiger charge is 2.75. The number of fused-ring (bicyclic) bond motifs is 10. The van der Waals surface area contributed by atoms with E-state index in [0.717, 1.165) is 87.3 Å². The van der Waals surface area contributed by atoms with Crippen LogP contribution in [-0.4, -0.2) is 58.1 Å². The van der Waals surface area contributed by atoms with E-state index in [4.69, 9.17) is 9.47 Å². The van der Waals surface area contributed by atoms with Crippen LogP contribution in [0.5, 0.6) is 0 Å². The molecule has 0 bridgehead atoms. The van der Waals surface area contributed by atoms with Gasteiger partial charge >= 0.3 is 11.9 Å². The van der Waals surface area contributed by atoms with Crippen molar-refractivity contribution in [3.8, 4) is 0 Å². The summed E-state index contributed by atoms with van der Waals surface area (Å²) >= 11 is 0. The van der Waals surface area contributed by atoms with Gasteiger partial charge in [0.2, 0.25) is 0 Å². The van der Waals surface area contributed by atoms with Crippen molar-refractivity contribution in [2.75, 3.05) is 0 Å². The summed E-state index contributed by atoms with van der Waals surface area (Å²) in [5.74, 6) is 0.294. The molecule has 8 nitrogen and oxygen atoms in total. The minimum Gasteiger partial charge on any atom is -0.459 e. The Balaban J connectivity index is 1.23. The Kier molecular flexibility index (Phi) is 8.75. The summed E-state index contributed by atoms with van der Waals surface area (Å²) in [6.45, 7) is 13.9. The van der Waals surface area contributed by atoms with Crippen LogP contribution in [0.15, 0.2) is 22.8 Å². The molecule has 16 atom stereocenters. The van der Waals surface area contributed by atoms with Crippen LogP contribution in [0.4, 0.5) is 0 Å². The number of carbonyl (C=O) groups is 4. The Morgan fingerprint density at radius 3 is 1.94 bits per heavy atom. The van der Waals surface area contributed by atoms with Crippen molar-refractivity contribution < 1.29 is 38.9 Å². The molecule has 6 fully saturated rings. The second kappa shape index (κ2) is 12.3. The molecular formula is C45H64O8. The van der Waals surface area contributed by atoms with Crippen molar-refractivity contribution in [3.63, 3.8) is 0 Å². The first-order valence-electron chi connectivity index (χ1n) is 21.1. The van der Waals surface area contributed by atoms with Gasteiger partial charge in [0.1, 0.15) is 23.8 Å². The predicted molar refractivity (Wildman–Crippen MR) is 199 cm³/mol. The van der Waals surface area contributed by atoms with Gasteiger partial charge in [-0.2, -0.15) is 0 Å². The lowest BCUT2D eigenvalue weighted by Crippen LogP contribution is -2.67. The van der Waals surface area contributed by atoms with E-state index in [9.17, 15) is 29.4 Å². The first-order valence-corrected chi connectivity index (χ1v) is 21.1. The molecule has 0 aromatic carbocycles. The van der Waals surface area contributed by atoms with E-state index in [1.165, 1.54) is 26.4 Å². The molecule has 0 radical (unpaired) electrons. The fraction of sp³-hybridized carbons (Fsp3) is 0.822. The van der Waals surface area contributed by atoms with Gasteiger partial charge in [-0.05, 0) is 151 Å². The minimum absolute atomic E-state index is 0.0376. The maximum atomic E-state index is 14.5. The van der Waals surface area contributed by atoms with E-state index in [2.05, 4.69) is 27.7 Å². The van der Waals surface area contributed by atoms with Crippen LogP contribution in [0.1, 0.15) is 138 Å². The Bertz CT molecular complexity index is 1650. The Morgan fingerprint density at radius 2 is 1.30 bits per heavy atom. The third-order valence-electron chi connectivity index (χ3n) is 18.8. The van der Waals surface area contributed by atoms with Crippen molar-refractivity contribution in [1.82, 2.24) is 0 Å². The highest BCUT2D eigenvalue weighted by atomic mass is 16.6. The number of aldehydes is 2. The third kappa shape index (κ3) is 4.66. The Labute approximate surface area is 316 Å². The number of hydrogen-bond donors (Lipinski definition) is 2. The van der Waals surface area contributed by atoms with Crippen molar-refractivity contribution in [3.05, 3.63) is 22.8 Å².